The summed E-state index contributed by atoms with van der Waals surface area (Å²) in [6, 6.07) is 11.4. The van der Waals surface area contributed by atoms with Gasteiger partial charge < -0.3 is 14.0 Å². The summed E-state index contributed by atoms with van der Waals surface area (Å²) in [5, 5.41) is 0. The van der Waals surface area contributed by atoms with Crippen LogP contribution in [0.25, 0.3) is 0 Å². The molecule has 0 fully saturated rings. The van der Waals surface area contributed by atoms with Crippen LogP contribution in [0.4, 0.5) is 0 Å². The van der Waals surface area contributed by atoms with Crippen LogP contribution in [0.2, 0.25) is 0 Å². The van der Waals surface area contributed by atoms with Gasteiger partial charge in [-0.2, -0.15) is 0 Å². The highest BCUT2D eigenvalue weighted by molar-refractivity contribution is 5.31. The van der Waals surface area contributed by atoms with Crippen molar-refractivity contribution in [1.29, 1.82) is 0 Å². The summed E-state index contributed by atoms with van der Waals surface area (Å²) in [6.07, 6.45) is 0. The van der Waals surface area contributed by atoms with E-state index in [0.717, 1.165) is 17.0 Å². The molecule has 0 N–H and O–H groups in total. The van der Waals surface area contributed by atoms with Crippen molar-refractivity contribution in [3.63, 3.8) is 0 Å². The number of nitrogens with zero attached hydrogens (tertiary/aromatic N) is 1. The molecule has 1 aromatic carbocycles. The molecule has 2 aromatic rings. The fourth-order valence-corrected chi connectivity index (χ4v) is 2.10. The van der Waals surface area contributed by atoms with E-state index in [4.69, 9.17) is 9.47 Å². The Morgan fingerprint density at radius 2 is 1.86 bits per heavy atom. The van der Waals surface area contributed by atoms with Gasteiger partial charge in [-0.05, 0) is 19.4 Å². The quantitative estimate of drug-likeness (QED) is 0.820. The molecular weight excluding hydrogens is 266 g/mol. The number of aromatic nitrogens is 1. The minimum atomic E-state index is -0.101. The SMILES string of the molecule is CCOCc1c(OCc2ccccc2)c(=O)cc(C)n1C. The molecule has 1 heterocycles. The summed E-state index contributed by atoms with van der Waals surface area (Å²) in [4.78, 5) is 12.2. The Morgan fingerprint density at radius 1 is 1.14 bits per heavy atom. The van der Waals surface area contributed by atoms with Gasteiger partial charge in [0.1, 0.15) is 6.61 Å². The lowest BCUT2D eigenvalue weighted by Crippen LogP contribution is -2.18. The molecule has 0 saturated heterocycles. The minimum absolute atomic E-state index is 0.101. The van der Waals surface area contributed by atoms with E-state index >= 15 is 0 Å². The maximum absolute atomic E-state index is 12.2. The lowest BCUT2D eigenvalue weighted by atomic mass is 10.2. The van der Waals surface area contributed by atoms with Crippen molar-refractivity contribution in [3.8, 4) is 5.75 Å². The second-order valence-corrected chi connectivity index (χ2v) is 4.90. The monoisotopic (exact) mass is 287 g/mol. The third-order valence-corrected chi connectivity index (χ3v) is 3.43. The number of rotatable bonds is 6. The number of pyridine rings is 1. The molecule has 0 spiro atoms. The predicted octanol–water partition coefficient (Wildman–Crippen LogP) is 2.81. The van der Waals surface area contributed by atoms with Crippen LogP contribution < -0.4 is 10.2 Å². The van der Waals surface area contributed by atoms with Gasteiger partial charge in [-0.1, -0.05) is 30.3 Å². The zero-order valence-electron chi connectivity index (χ0n) is 12.8. The highest BCUT2D eigenvalue weighted by Crippen LogP contribution is 2.17. The van der Waals surface area contributed by atoms with E-state index in [0.29, 0.717) is 25.6 Å². The number of aryl methyl sites for hydroxylation is 1. The maximum atomic E-state index is 12.2. The van der Waals surface area contributed by atoms with E-state index in [9.17, 15) is 4.79 Å². The van der Waals surface area contributed by atoms with Crippen LogP contribution in [0, 0.1) is 6.92 Å². The third kappa shape index (κ3) is 3.73. The number of ether oxygens (including phenoxy) is 2. The molecule has 0 saturated carbocycles. The molecule has 0 radical (unpaired) electrons. The predicted molar refractivity (Wildman–Crippen MR) is 82.5 cm³/mol. The average Bonchev–Trinajstić information content (AvgIpc) is 2.49. The smallest absolute Gasteiger partial charge is 0.224 e. The van der Waals surface area contributed by atoms with E-state index in [1.807, 2.05) is 55.8 Å². The van der Waals surface area contributed by atoms with Crippen molar-refractivity contribution < 1.29 is 9.47 Å². The largest absolute Gasteiger partial charge is 0.483 e. The average molecular weight is 287 g/mol. The van der Waals surface area contributed by atoms with Gasteiger partial charge >= 0.3 is 0 Å². The van der Waals surface area contributed by atoms with Crippen LogP contribution in [0.5, 0.6) is 5.75 Å². The molecule has 0 bridgehead atoms. The van der Waals surface area contributed by atoms with E-state index in [-0.39, 0.29) is 5.43 Å². The van der Waals surface area contributed by atoms with Crippen LogP contribution >= 0.6 is 0 Å². The zero-order valence-corrected chi connectivity index (χ0v) is 12.8. The number of hydrogen-bond donors (Lipinski definition) is 0. The third-order valence-electron chi connectivity index (χ3n) is 3.43. The summed E-state index contributed by atoms with van der Waals surface area (Å²) < 4.78 is 13.2. The van der Waals surface area contributed by atoms with Crippen LogP contribution in [-0.4, -0.2) is 11.2 Å². The topological polar surface area (TPSA) is 40.5 Å². The van der Waals surface area contributed by atoms with E-state index in [1.54, 1.807) is 6.07 Å². The Bertz CT molecular complexity index is 647. The van der Waals surface area contributed by atoms with Gasteiger partial charge in [0.05, 0.1) is 12.3 Å². The van der Waals surface area contributed by atoms with Gasteiger partial charge in [-0.15, -0.1) is 0 Å². The van der Waals surface area contributed by atoms with E-state index < -0.39 is 0 Å². The Morgan fingerprint density at radius 3 is 2.52 bits per heavy atom. The lowest BCUT2D eigenvalue weighted by molar-refractivity contribution is 0.124. The zero-order chi connectivity index (χ0) is 15.2. The fourth-order valence-electron chi connectivity index (χ4n) is 2.10. The Labute approximate surface area is 124 Å². The summed E-state index contributed by atoms with van der Waals surface area (Å²) in [5.41, 5.74) is 2.60. The van der Waals surface area contributed by atoms with Gasteiger partial charge in [0.15, 0.2) is 5.75 Å². The molecule has 21 heavy (non-hydrogen) atoms. The van der Waals surface area contributed by atoms with Gasteiger partial charge in [0, 0.05) is 25.4 Å². The summed E-state index contributed by atoms with van der Waals surface area (Å²) in [6.45, 7) is 5.17. The van der Waals surface area contributed by atoms with Gasteiger partial charge in [0.25, 0.3) is 0 Å². The van der Waals surface area contributed by atoms with Gasteiger partial charge in [-0.3, -0.25) is 4.79 Å². The minimum Gasteiger partial charge on any atom is -0.483 e. The molecular formula is C17H21NO3. The summed E-state index contributed by atoms with van der Waals surface area (Å²) >= 11 is 0. The van der Waals surface area contributed by atoms with Crippen molar-refractivity contribution in [3.05, 3.63) is 63.6 Å². The van der Waals surface area contributed by atoms with Crippen molar-refractivity contribution in [1.82, 2.24) is 4.57 Å². The highest BCUT2D eigenvalue weighted by Gasteiger charge is 2.13. The summed E-state index contributed by atoms with van der Waals surface area (Å²) in [7, 11) is 1.92. The van der Waals surface area contributed by atoms with Crippen LogP contribution in [0.15, 0.2) is 41.2 Å². The van der Waals surface area contributed by atoms with Crippen LogP contribution in [0.1, 0.15) is 23.9 Å². The fraction of sp³-hybridized carbons (Fsp3) is 0.353. The number of benzene rings is 1. The highest BCUT2D eigenvalue weighted by atomic mass is 16.5. The Balaban J connectivity index is 2.28. The van der Waals surface area contributed by atoms with Crippen molar-refractivity contribution in [2.75, 3.05) is 6.61 Å². The molecule has 2 rings (SSSR count). The second kappa shape index (κ2) is 7.09. The van der Waals surface area contributed by atoms with Crippen molar-refractivity contribution in [2.45, 2.75) is 27.1 Å². The molecule has 112 valence electrons. The molecule has 0 aliphatic heterocycles. The Hall–Kier alpha value is -2.07. The molecule has 4 nitrogen and oxygen atoms in total. The van der Waals surface area contributed by atoms with Crippen molar-refractivity contribution >= 4 is 0 Å². The van der Waals surface area contributed by atoms with Gasteiger partial charge in [-0.25, -0.2) is 0 Å². The molecule has 1 aromatic heterocycles. The first-order chi connectivity index (χ1) is 10.1. The second-order valence-electron chi connectivity index (χ2n) is 4.90. The first-order valence-electron chi connectivity index (χ1n) is 7.07. The van der Waals surface area contributed by atoms with Gasteiger partial charge in [0.2, 0.25) is 5.43 Å². The molecule has 4 heteroatoms. The molecule has 0 aliphatic carbocycles. The van der Waals surface area contributed by atoms with Crippen LogP contribution in [0.3, 0.4) is 0 Å². The Kier molecular flexibility index (Phi) is 5.17. The van der Waals surface area contributed by atoms with E-state index in [1.165, 1.54) is 0 Å². The standard InChI is InChI=1S/C17H21NO3/c1-4-20-12-15-17(16(19)10-13(2)18(15)3)21-11-14-8-6-5-7-9-14/h5-10H,4,11-12H2,1-3H3. The molecule has 0 amide bonds. The molecule has 0 aliphatic rings. The summed E-state index contributed by atoms with van der Waals surface area (Å²) in [5.74, 6) is 0.375. The van der Waals surface area contributed by atoms with Crippen molar-refractivity contribution in [2.24, 2.45) is 7.05 Å². The molecule has 0 unspecified atom stereocenters. The van der Waals surface area contributed by atoms with E-state index in [2.05, 4.69) is 0 Å². The number of hydrogen-bond acceptors (Lipinski definition) is 3. The first kappa shape index (κ1) is 15.3. The first-order valence-corrected chi connectivity index (χ1v) is 7.07. The molecule has 0 atom stereocenters. The normalized spacial score (nSPS) is 10.6. The van der Waals surface area contributed by atoms with Crippen LogP contribution in [-0.2, 0) is 25.0 Å². The maximum Gasteiger partial charge on any atom is 0.224 e. The lowest BCUT2D eigenvalue weighted by Gasteiger charge is -2.17.